The first-order valence-corrected chi connectivity index (χ1v) is 7.14. The van der Waals surface area contributed by atoms with Gasteiger partial charge in [0.25, 0.3) is 5.56 Å². The number of nitrogens with zero attached hydrogens (tertiary/aromatic N) is 1. The summed E-state index contributed by atoms with van der Waals surface area (Å²) in [6, 6.07) is 7.67. The van der Waals surface area contributed by atoms with E-state index in [1.807, 2.05) is 24.3 Å². The Morgan fingerprint density at radius 1 is 1.35 bits per heavy atom. The number of esters is 1. The fourth-order valence-electron chi connectivity index (χ4n) is 2.40. The number of fused-ring (bicyclic) bond motifs is 1. The molecule has 3 aromatic rings. The molecule has 0 saturated carbocycles. The zero-order valence-electron chi connectivity index (χ0n) is 12.4. The first-order valence-electron chi connectivity index (χ1n) is 7.14. The molecule has 3 N–H and O–H groups in total. The zero-order chi connectivity index (χ0) is 16.4. The number of carbonyl (C=O) groups is 1. The Bertz CT molecular complexity index is 926. The summed E-state index contributed by atoms with van der Waals surface area (Å²) in [7, 11) is 0. The highest BCUT2D eigenvalue weighted by molar-refractivity contribution is 5.89. The highest BCUT2D eigenvalue weighted by Crippen LogP contribution is 2.20. The number of aromatic nitrogens is 3. The third-order valence-electron chi connectivity index (χ3n) is 3.48. The molecule has 0 amide bonds. The smallest absolute Gasteiger partial charge is 0.360 e. The number of aromatic amines is 2. The standard InChI is InChI=1S/C16H15N3O4/c1-2-23-16(22)13-15(21)18-12(14(20)19-13)7-9-8-17-11-6-4-3-5-10(9)11/h3-6,8,17H,2,7H2,1H3,(H,18,21)(H,19,20). The van der Waals surface area contributed by atoms with Crippen molar-refractivity contribution in [3.8, 4) is 5.88 Å². The molecule has 0 aliphatic rings. The van der Waals surface area contributed by atoms with Crippen molar-refractivity contribution < 1.29 is 14.6 Å². The van der Waals surface area contributed by atoms with E-state index in [0.29, 0.717) is 0 Å². The average Bonchev–Trinajstić information content (AvgIpc) is 2.94. The van der Waals surface area contributed by atoms with Crippen molar-refractivity contribution in [1.29, 1.82) is 0 Å². The van der Waals surface area contributed by atoms with Gasteiger partial charge in [-0.05, 0) is 18.6 Å². The van der Waals surface area contributed by atoms with E-state index < -0.39 is 17.4 Å². The summed E-state index contributed by atoms with van der Waals surface area (Å²) in [5, 5.41) is 10.8. The molecule has 0 aliphatic heterocycles. The second-order valence-corrected chi connectivity index (χ2v) is 4.97. The first-order chi connectivity index (χ1) is 11.1. The van der Waals surface area contributed by atoms with Gasteiger partial charge in [-0.1, -0.05) is 18.2 Å². The summed E-state index contributed by atoms with van der Waals surface area (Å²) >= 11 is 0. The molecule has 1 aromatic carbocycles. The number of para-hydroxylation sites is 1. The molecule has 0 atom stereocenters. The summed E-state index contributed by atoms with van der Waals surface area (Å²) in [5.74, 6) is -1.36. The van der Waals surface area contributed by atoms with Gasteiger partial charge in [-0.3, -0.25) is 4.79 Å². The topological polar surface area (TPSA) is 108 Å². The number of H-pyrrole nitrogens is 2. The van der Waals surface area contributed by atoms with Crippen LogP contribution in [0.3, 0.4) is 0 Å². The van der Waals surface area contributed by atoms with Crippen molar-refractivity contribution in [1.82, 2.24) is 15.0 Å². The van der Waals surface area contributed by atoms with E-state index in [1.54, 1.807) is 13.1 Å². The van der Waals surface area contributed by atoms with Gasteiger partial charge in [0.05, 0.1) is 6.61 Å². The van der Waals surface area contributed by atoms with Crippen LogP contribution in [0.1, 0.15) is 28.7 Å². The molecular weight excluding hydrogens is 298 g/mol. The molecule has 23 heavy (non-hydrogen) atoms. The van der Waals surface area contributed by atoms with Crippen LogP contribution in [0.15, 0.2) is 35.3 Å². The molecule has 2 aromatic heterocycles. The Balaban J connectivity index is 1.96. The summed E-state index contributed by atoms with van der Waals surface area (Å²) in [6.45, 7) is 1.77. The number of hydrogen-bond acceptors (Lipinski definition) is 5. The second kappa shape index (κ2) is 5.96. The first kappa shape index (κ1) is 14.8. The molecule has 2 heterocycles. The van der Waals surface area contributed by atoms with Crippen molar-refractivity contribution in [3.05, 3.63) is 57.8 Å². The molecule has 0 bridgehead atoms. The van der Waals surface area contributed by atoms with Crippen LogP contribution in [0.25, 0.3) is 10.9 Å². The number of benzene rings is 1. The average molecular weight is 313 g/mol. The summed E-state index contributed by atoms with van der Waals surface area (Å²) in [4.78, 5) is 33.0. The third-order valence-corrected chi connectivity index (χ3v) is 3.48. The van der Waals surface area contributed by atoms with Gasteiger partial charge in [-0.2, -0.15) is 0 Å². The Labute approximate surface area is 131 Å². The van der Waals surface area contributed by atoms with Crippen LogP contribution in [0.4, 0.5) is 0 Å². The Hall–Kier alpha value is -3.09. The van der Waals surface area contributed by atoms with Crippen LogP contribution in [-0.4, -0.2) is 32.6 Å². The Morgan fingerprint density at radius 3 is 2.91 bits per heavy atom. The highest BCUT2D eigenvalue weighted by atomic mass is 16.5. The van der Waals surface area contributed by atoms with Crippen molar-refractivity contribution in [2.45, 2.75) is 13.3 Å². The van der Waals surface area contributed by atoms with Crippen molar-refractivity contribution in [2.75, 3.05) is 6.61 Å². The molecule has 0 aliphatic carbocycles. The van der Waals surface area contributed by atoms with Crippen LogP contribution in [-0.2, 0) is 11.2 Å². The number of carbonyl (C=O) groups excluding carboxylic acids is 1. The molecular formula is C16H15N3O4. The highest BCUT2D eigenvalue weighted by Gasteiger charge is 2.18. The minimum atomic E-state index is -0.812. The van der Waals surface area contributed by atoms with Gasteiger partial charge in [0.1, 0.15) is 5.69 Å². The molecule has 118 valence electrons. The maximum absolute atomic E-state index is 12.1. The minimum absolute atomic E-state index is 0.125. The lowest BCUT2D eigenvalue weighted by Gasteiger charge is -2.05. The predicted octanol–water partition coefficient (Wildman–Crippen LogP) is 1.72. The van der Waals surface area contributed by atoms with Crippen LogP contribution in [0, 0.1) is 0 Å². The van der Waals surface area contributed by atoms with Crippen molar-refractivity contribution in [2.24, 2.45) is 0 Å². The van der Waals surface area contributed by atoms with Gasteiger partial charge in [0.2, 0.25) is 5.88 Å². The van der Waals surface area contributed by atoms with Crippen LogP contribution in [0.2, 0.25) is 0 Å². The molecule has 3 rings (SSSR count). The van der Waals surface area contributed by atoms with Gasteiger partial charge in [-0.25, -0.2) is 9.78 Å². The van der Waals surface area contributed by atoms with Gasteiger partial charge in [-0.15, -0.1) is 0 Å². The minimum Gasteiger partial charge on any atom is -0.492 e. The largest absolute Gasteiger partial charge is 0.492 e. The van der Waals surface area contributed by atoms with Crippen LogP contribution < -0.4 is 5.56 Å². The normalized spacial score (nSPS) is 10.8. The second-order valence-electron chi connectivity index (χ2n) is 4.97. The Kier molecular flexibility index (Phi) is 3.84. The van der Waals surface area contributed by atoms with E-state index in [2.05, 4.69) is 15.0 Å². The fourth-order valence-corrected chi connectivity index (χ4v) is 2.40. The van der Waals surface area contributed by atoms with Crippen LogP contribution in [0.5, 0.6) is 5.88 Å². The Morgan fingerprint density at radius 2 is 2.13 bits per heavy atom. The quantitative estimate of drug-likeness (QED) is 0.636. The summed E-state index contributed by atoms with van der Waals surface area (Å²) in [6.07, 6.45) is 2.03. The van der Waals surface area contributed by atoms with E-state index in [4.69, 9.17) is 4.74 Å². The van der Waals surface area contributed by atoms with E-state index in [-0.39, 0.29) is 24.4 Å². The predicted molar refractivity (Wildman–Crippen MR) is 83.6 cm³/mol. The third kappa shape index (κ3) is 2.80. The van der Waals surface area contributed by atoms with Gasteiger partial charge < -0.3 is 19.8 Å². The molecule has 7 heteroatoms. The molecule has 0 fully saturated rings. The molecule has 0 saturated heterocycles. The zero-order valence-corrected chi connectivity index (χ0v) is 12.4. The van der Waals surface area contributed by atoms with Crippen LogP contribution >= 0.6 is 0 Å². The van der Waals surface area contributed by atoms with E-state index in [0.717, 1.165) is 16.5 Å². The van der Waals surface area contributed by atoms with E-state index in [9.17, 15) is 14.7 Å². The maximum atomic E-state index is 12.1. The lowest BCUT2D eigenvalue weighted by molar-refractivity contribution is 0.0514. The number of aromatic hydroxyl groups is 1. The van der Waals surface area contributed by atoms with Gasteiger partial charge >= 0.3 is 5.97 Å². The SMILES string of the molecule is CCOC(=O)c1[nH]c(=O)c(Cc2c[nH]c3ccccc23)nc1O. The van der Waals surface area contributed by atoms with E-state index in [1.165, 1.54) is 0 Å². The van der Waals surface area contributed by atoms with Gasteiger partial charge in [0, 0.05) is 23.5 Å². The summed E-state index contributed by atoms with van der Waals surface area (Å²) in [5.41, 5.74) is 1.09. The molecule has 0 spiro atoms. The summed E-state index contributed by atoms with van der Waals surface area (Å²) < 4.78 is 4.75. The van der Waals surface area contributed by atoms with E-state index >= 15 is 0 Å². The fraction of sp³-hybridized carbons (Fsp3) is 0.188. The number of hydrogen-bond donors (Lipinski definition) is 3. The van der Waals surface area contributed by atoms with Gasteiger partial charge in [0.15, 0.2) is 5.69 Å². The van der Waals surface area contributed by atoms with Crippen molar-refractivity contribution >= 4 is 16.9 Å². The monoisotopic (exact) mass is 313 g/mol. The molecule has 0 radical (unpaired) electrons. The maximum Gasteiger partial charge on any atom is 0.360 e. The molecule has 0 unspecified atom stereocenters. The lowest BCUT2D eigenvalue weighted by atomic mass is 10.1. The van der Waals surface area contributed by atoms with Crippen molar-refractivity contribution in [3.63, 3.8) is 0 Å². The number of ether oxygens (including phenoxy) is 1. The number of nitrogens with one attached hydrogen (secondary N) is 2. The molecule has 7 nitrogen and oxygen atoms in total. The number of rotatable bonds is 4. The lowest BCUT2D eigenvalue weighted by Crippen LogP contribution is -2.21.